The third kappa shape index (κ3) is 0.914. The zero-order chi connectivity index (χ0) is 8.01. The molecule has 0 aliphatic carbocycles. The molecule has 3 nitrogen and oxygen atoms in total. The van der Waals surface area contributed by atoms with E-state index in [-0.39, 0.29) is 17.9 Å². The molecule has 0 spiro atoms. The van der Waals surface area contributed by atoms with Gasteiger partial charge in [0, 0.05) is 6.54 Å². The number of hydrogen-bond acceptors (Lipinski definition) is 3. The number of rotatable bonds is 0. The van der Waals surface area contributed by atoms with E-state index in [0.717, 1.165) is 6.54 Å². The number of likely N-dealkylation sites (tertiary alicyclic amines) is 1. The summed E-state index contributed by atoms with van der Waals surface area (Å²) in [7, 11) is 1.99. The highest BCUT2D eigenvalue weighted by molar-refractivity contribution is 5.88. The number of carbonyl (C=O) groups excluding carboxylic acids is 1. The molecule has 3 atom stereocenters. The lowest BCUT2D eigenvalue weighted by atomic mass is 10.0. The van der Waals surface area contributed by atoms with Crippen molar-refractivity contribution in [3.63, 3.8) is 0 Å². The maximum absolute atomic E-state index is 11.2. The highest BCUT2D eigenvalue weighted by Gasteiger charge is 2.46. The maximum Gasteiger partial charge on any atom is 0.178 e. The lowest BCUT2D eigenvalue weighted by molar-refractivity contribution is -0.121. The fourth-order valence-electron chi connectivity index (χ4n) is 2.18. The van der Waals surface area contributed by atoms with Gasteiger partial charge in [-0.1, -0.05) is 6.92 Å². The van der Waals surface area contributed by atoms with Crippen LogP contribution in [0.15, 0.2) is 0 Å². The van der Waals surface area contributed by atoms with E-state index in [1.165, 1.54) is 0 Å². The van der Waals surface area contributed by atoms with E-state index in [4.69, 9.17) is 4.74 Å². The summed E-state index contributed by atoms with van der Waals surface area (Å²) in [4.78, 5) is 13.3. The van der Waals surface area contributed by atoms with Gasteiger partial charge in [0.15, 0.2) is 5.78 Å². The van der Waals surface area contributed by atoms with Crippen molar-refractivity contribution in [1.29, 1.82) is 0 Å². The van der Waals surface area contributed by atoms with Gasteiger partial charge in [0.1, 0.15) is 6.61 Å². The quantitative estimate of drug-likeness (QED) is 0.489. The minimum absolute atomic E-state index is 0.0602. The Morgan fingerprint density at radius 2 is 2.36 bits per heavy atom. The lowest BCUT2D eigenvalue weighted by Crippen LogP contribution is -2.34. The lowest BCUT2D eigenvalue weighted by Gasteiger charge is -2.13. The molecule has 0 saturated carbocycles. The van der Waals surface area contributed by atoms with Gasteiger partial charge in [-0.25, -0.2) is 0 Å². The first-order valence-corrected chi connectivity index (χ1v) is 4.04. The molecule has 2 aliphatic heterocycles. The SMILES string of the molecule is C[C@H]1CN(C)[C@@H]2C(=O)CO[C@@H]21. The van der Waals surface area contributed by atoms with E-state index >= 15 is 0 Å². The molecular formula is C8H13NO2. The van der Waals surface area contributed by atoms with Crippen LogP contribution in [0.2, 0.25) is 0 Å². The van der Waals surface area contributed by atoms with Gasteiger partial charge in [-0.15, -0.1) is 0 Å². The van der Waals surface area contributed by atoms with Crippen LogP contribution < -0.4 is 0 Å². The van der Waals surface area contributed by atoms with Crippen LogP contribution in [0.4, 0.5) is 0 Å². The zero-order valence-corrected chi connectivity index (χ0v) is 6.91. The van der Waals surface area contributed by atoms with Crippen molar-refractivity contribution < 1.29 is 9.53 Å². The number of fused-ring (bicyclic) bond motifs is 1. The highest BCUT2D eigenvalue weighted by atomic mass is 16.5. The van der Waals surface area contributed by atoms with Crippen LogP contribution in [-0.2, 0) is 9.53 Å². The van der Waals surface area contributed by atoms with Crippen LogP contribution in [0.5, 0.6) is 0 Å². The van der Waals surface area contributed by atoms with Crippen molar-refractivity contribution >= 4 is 5.78 Å². The number of Topliss-reactive ketones (excluding diaryl/α,β-unsaturated/α-hetero) is 1. The number of nitrogens with zero attached hydrogens (tertiary/aromatic N) is 1. The number of likely N-dealkylation sites (N-methyl/N-ethyl adjacent to an activating group) is 1. The molecule has 0 bridgehead atoms. The molecule has 2 aliphatic rings. The summed E-state index contributed by atoms with van der Waals surface area (Å²) in [5, 5.41) is 0. The summed E-state index contributed by atoms with van der Waals surface area (Å²) >= 11 is 0. The second-order valence-corrected chi connectivity index (χ2v) is 3.60. The molecule has 11 heavy (non-hydrogen) atoms. The van der Waals surface area contributed by atoms with Crippen molar-refractivity contribution in [2.45, 2.75) is 19.1 Å². The van der Waals surface area contributed by atoms with Crippen LogP contribution in [0, 0.1) is 5.92 Å². The molecule has 0 amide bonds. The van der Waals surface area contributed by atoms with Gasteiger partial charge in [0.05, 0.1) is 12.1 Å². The Hall–Kier alpha value is -0.410. The number of carbonyl (C=O) groups is 1. The van der Waals surface area contributed by atoms with Gasteiger partial charge in [0.25, 0.3) is 0 Å². The predicted molar refractivity (Wildman–Crippen MR) is 40.3 cm³/mol. The first-order chi connectivity index (χ1) is 5.20. The Morgan fingerprint density at radius 3 is 3.00 bits per heavy atom. The summed E-state index contributed by atoms with van der Waals surface area (Å²) in [6.45, 7) is 3.45. The van der Waals surface area contributed by atoms with E-state index in [2.05, 4.69) is 11.8 Å². The van der Waals surface area contributed by atoms with Crippen LogP contribution in [-0.4, -0.2) is 43.0 Å². The summed E-state index contributed by atoms with van der Waals surface area (Å²) < 4.78 is 5.38. The van der Waals surface area contributed by atoms with E-state index in [1.807, 2.05) is 7.05 Å². The van der Waals surface area contributed by atoms with E-state index in [0.29, 0.717) is 12.5 Å². The Balaban J connectivity index is 2.21. The molecule has 2 fully saturated rings. The van der Waals surface area contributed by atoms with E-state index in [1.54, 1.807) is 0 Å². The van der Waals surface area contributed by atoms with Crippen LogP contribution >= 0.6 is 0 Å². The molecule has 2 rings (SSSR count). The largest absolute Gasteiger partial charge is 0.368 e. The van der Waals surface area contributed by atoms with Gasteiger partial charge in [0.2, 0.25) is 0 Å². The highest BCUT2D eigenvalue weighted by Crippen LogP contribution is 2.29. The summed E-state index contributed by atoms with van der Waals surface area (Å²) in [5.41, 5.74) is 0. The number of ether oxygens (including phenoxy) is 1. The molecule has 0 aromatic carbocycles. The predicted octanol–water partition coefficient (Wildman–Crippen LogP) is -0.0956. The molecule has 0 radical (unpaired) electrons. The third-order valence-electron chi connectivity index (χ3n) is 2.67. The van der Waals surface area contributed by atoms with Gasteiger partial charge in [-0.3, -0.25) is 9.69 Å². The fraction of sp³-hybridized carbons (Fsp3) is 0.875. The molecule has 0 aromatic heterocycles. The monoisotopic (exact) mass is 155 g/mol. The Kier molecular flexibility index (Phi) is 1.51. The normalized spacial score (nSPS) is 44.9. The van der Waals surface area contributed by atoms with Gasteiger partial charge < -0.3 is 4.74 Å². The third-order valence-corrected chi connectivity index (χ3v) is 2.67. The molecule has 2 heterocycles. The Bertz CT molecular complexity index is 193. The molecule has 0 aromatic rings. The van der Waals surface area contributed by atoms with Gasteiger partial charge in [-0.2, -0.15) is 0 Å². The first-order valence-electron chi connectivity index (χ1n) is 4.04. The minimum atomic E-state index is 0.0602. The second kappa shape index (κ2) is 2.29. The van der Waals surface area contributed by atoms with E-state index in [9.17, 15) is 4.79 Å². The van der Waals surface area contributed by atoms with Crippen molar-refractivity contribution in [1.82, 2.24) is 4.90 Å². The number of ketones is 1. The Labute approximate surface area is 66.3 Å². The van der Waals surface area contributed by atoms with Crippen LogP contribution in [0.25, 0.3) is 0 Å². The van der Waals surface area contributed by atoms with Gasteiger partial charge >= 0.3 is 0 Å². The van der Waals surface area contributed by atoms with Crippen LogP contribution in [0.1, 0.15) is 6.92 Å². The molecular weight excluding hydrogens is 142 g/mol. The average Bonchev–Trinajstić information content (AvgIpc) is 2.41. The average molecular weight is 155 g/mol. The van der Waals surface area contributed by atoms with Gasteiger partial charge in [-0.05, 0) is 13.0 Å². The molecule has 0 N–H and O–H groups in total. The molecule has 62 valence electrons. The first kappa shape index (κ1) is 7.25. The van der Waals surface area contributed by atoms with Crippen molar-refractivity contribution in [2.75, 3.05) is 20.2 Å². The summed E-state index contributed by atoms with van der Waals surface area (Å²) in [5.74, 6) is 0.762. The summed E-state index contributed by atoms with van der Waals surface area (Å²) in [6, 6.07) is 0.0602. The zero-order valence-electron chi connectivity index (χ0n) is 6.91. The number of hydrogen-bond donors (Lipinski definition) is 0. The second-order valence-electron chi connectivity index (χ2n) is 3.60. The van der Waals surface area contributed by atoms with Crippen molar-refractivity contribution in [2.24, 2.45) is 5.92 Å². The molecule has 3 heteroatoms. The van der Waals surface area contributed by atoms with Crippen LogP contribution in [0.3, 0.4) is 0 Å². The Morgan fingerprint density at radius 1 is 1.64 bits per heavy atom. The van der Waals surface area contributed by atoms with Crippen molar-refractivity contribution in [3.05, 3.63) is 0 Å². The summed E-state index contributed by atoms with van der Waals surface area (Å²) in [6.07, 6.45) is 0.174. The molecule has 2 saturated heterocycles. The smallest absolute Gasteiger partial charge is 0.178 e. The standard InChI is InChI=1S/C8H13NO2/c1-5-3-9(2)7-6(10)4-11-8(5)7/h5,7-8H,3-4H2,1-2H3/t5-,7+,8+/m0/s1. The maximum atomic E-state index is 11.2. The van der Waals surface area contributed by atoms with Crippen molar-refractivity contribution in [3.8, 4) is 0 Å². The topological polar surface area (TPSA) is 29.5 Å². The minimum Gasteiger partial charge on any atom is -0.368 e. The van der Waals surface area contributed by atoms with E-state index < -0.39 is 0 Å². The fourth-order valence-corrected chi connectivity index (χ4v) is 2.18. The molecule has 0 unspecified atom stereocenters.